The van der Waals surface area contributed by atoms with E-state index in [1.165, 1.54) is 55.5 Å². The van der Waals surface area contributed by atoms with Crippen molar-refractivity contribution in [1.82, 2.24) is 0 Å². The molecule has 3 aromatic carbocycles. The summed E-state index contributed by atoms with van der Waals surface area (Å²) in [6, 6.07) is 10.2. The Hall–Kier alpha value is -5.24. The largest absolute Gasteiger partial charge is 0.508 e. The van der Waals surface area contributed by atoms with Crippen molar-refractivity contribution in [3.8, 4) is 51.2 Å². The predicted molar refractivity (Wildman–Crippen MR) is 179 cm³/mol. The number of phenols is 4. The lowest BCUT2D eigenvalue weighted by molar-refractivity contribution is -0.350. The number of carbonyl (C=O) groups is 1. The molecule has 53 heavy (non-hydrogen) atoms. The van der Waals surface area contributed by atoms with Crippen LogP contribution in [0.15, 0.2) is 63.8 Å². The number of benzene rings is 3. The number of esters is 1. The first-order valence-electron chi connectivity index (χ1n) is 16.3. The number of ether oxygens (including phenoxy) is 5. The number of rotatable bonds is 1. The second kappa shape index (κ2) is 14.0. The van der Waals surface area contributed by atoms with Gasteiger partial charge < -0.3 is 74.1 Å². The van der Waals surface area contributed by atoms with Crippen molar-refractivity contribution < 1.29 is 78.9 Å². The normalized spacial score (nSPS) is 31.0. The van der Waals surface area contributed by atoms with Crippen LogP contribution in [0.1, 0.15) is 12.5 Å². The number of carbonyl (C=O) groups excluding carboxylic acids is 1. The lowest BCUT2D eigenvalue weighted by Gasteiger charge is -2.45. The summed E-state index contributed by atoms with van der Waals surface area (Å²) in [6.07, 6.45) is -15.0. The first-order chi connectivity index (χ1) is 25.2. The minimum atomic E-state index is -1.97. The molecule has 0 unspecified atom stereocenters. The maximum Gasteiger partial charge on any atom is 0.330 e. The maximum atomic E-state index is 14.4. The zero-order chi connectivity index (χ0) is 37.9. The maximum absolute atomic E-state index is 14.4. The molecule has 2 saturated heterocycles. The van der Waals surface area contributed by atoms with E-state index in [-0.39, 0.29) is 33.8 Å². The summed E-state index contributed by atoms with van der Waals surface area (Å²) in [6.45, 7) is 0.728. The fourth-order valence-corrected chi connectivity index (χ4v) is 6.41. The van der Waals surface area contributed by atoms with Crippen LogP contribution in [-0.4, -0.2) is 120 Å². The fraction of sp³-hybridized carbons (Fsp3) is 0.333. The van der Waals surface area contributed by atoms with Crippen LogP contribution in [0, 0.1) is 0 Å². The Morgan fingerprint density at radius 1 is 0.717 bits per heavy atom. The lowest BCUT2D eigenvalue weighted by atomic mass is 9.97. The quantitative estimate of drug-likeness (QED) is 0.121. The van der Waals surface area contributed by atoms with Crippen LogP contribution in [0.4, 0.5) is 0 Å². The minimum Gasteiger partial charge on any atom is -0.508 e. The number of fused-ring (bicyclic) bond motifs is 9. The first kappa shape index (κ1) is 36.1. The standard InChI is InChI=1S/C36H34O17/c1-13-25(41)33-31(47)36(49-13)53-34-28(44)24-20(50-32(34)15-4-6-16(37)7-5-15)11-19(39)23(27(24)43)17-10-14(2-8-18(17)38)3-9-22(40)48-12-21-26(42)29(45)30(46)35(51-21)52-33/h2-11,13,21,25-26,29-31,33,35-39,41-43,45-47H,12H2,1H3/b9-3+/t13-,21+,25-,26+,29-,30+,31+,33+,35-,36-/m0/s1. The molecule has 1 aromatic heterocycles. The van der Waals surface area contributed by atoms with Gasteiger partial charge in [0, 0.05) is 23.3 Å². The molecule has 3 aliphatic rings. The van der Waals surface area contributed by atoms with Gasteiger partial charge >= 0.3 is 5.97 Å². The van der Waals surface area contributed by atoms with Crippen molar-refractivity contribution in [2.75, 3.05) is 6.61 Å². The molecule has 2 fully saturated rings. The summed E-state index contributed by atoms with van der Waals surface area (Å²) >= 11 is 0. The molecule has 0 radical (unpaired) electrons. The van der Waals surface area contributed by atoms with Crippen LogP contribution in [0.2, 0.25) is 0 Å². The third kappa shape index (κ3) is 6.53. The Morgan fingerprint density at radius 2 is 1.45 bits per heavy atom. The second-order valence-corrected chi connectivity index (χ2v) is 12.8. The topological polar surface area (TPSA) is 275 Å². The van der Waals surface area contributed by atoms with Crippen LogP contribution >= 0.6 is 0 Å². The van der Waals surface area contributed by atoms with Crippen molar-refractivity contribution in [1.29, 1.82) is 0 Å². The summed E-state index contributed by atoms with van der Waals surface area (Å²) in [5.41, 5.74) is -1.54. The van der Waals surface area contributed by atoms with E-state index in [0.29, 0.717) is 0 Å². The van der Waals surface area contributed by atoms with Gasteiger partial charge in [0.15, 0.2) is 12.1 Å². The van der Waals surface area contributed by atoms with Gasteiger partial charge in [-0.3, -0.25) is 4.79 Å². The molecule has 0 spiro atoms. The van der Waals surface area contributed by atoms with Gasteiger partial charge in [0.25, 0.3) is 0 Å². The van der Waals surface area contributed by atoms with Crippen molar-refractivity contribution in [3.05, 3.63) is 70.4 Å². The predicted octanol–water partition coefficient (Wildman–Crippen LogP) is 0.558. The molecule has 4 aromatic rings. The van der Waals surface area contributed by atoms with Crippen molar-refractivity contribution in [2.24, 2.45) is 0 Å². The van der Waals surface area contributed by atoms with Crippen molar-refractivity contribution >= 4 is 23.0 Å². The number of aromatic hydroxyl groups is 4. The van der Waals surface area contributed by atoms with Gasteiger partial charge in [-0.1, -0.05) is 6.07 Å². The van der Waals surface area contributed by atoms with Gasteiger partial charge in [-0.05, 0) is 55.0 Å². The van der Waals surface area contributed by atoms with Crippen molar-refractivity contribution in [3.63, 3.8) is 0 Å². The van der Waals surface area contributed by atoms with Gasteiger partial charge in [0.1, 0.15) is 83.3 Å². The minimum absolute atomic E-state index is 0.136. The van der Waals surface area contributed by atoms with E-state index in [1.807, 2.05) is 0 Å². The average molecular weight is 739 g/mol. The highest BCUT2D eigenvalue weighted by Crippen LogP contribution is 2.47. The molecule has 280 valence electrons. The third-order valence-corrected chi connectivity index (χ3v) is 9.29. The number of hydrogen-bond donors (Lipinski definition) is 9. The fourth-order valence-electron chi connectivity index (χ4n) is 6.41. The van der Waals surface area contributed by atoms with E-state index in [4.69, 9.17) is 28.1 Å². The molecule has 7 rings (SSSR count). The van der Waals surface area contributed by atoms with Crippen LogP contribution in [0.25, 0.3) is 39.5 Å². The summed E-state index contributed by atoms with van der Waals surface area (Å²) in [5.74, 6) is -3.94. The molecule has 0 saturated carbocycles. The average Bonchev–Trinajstić information content (AvgIpc) is 3.12. The van der Waals surface area contributed by atoms with E-state index in [1.54, 1.807) is 0 Å². The smallest absolute Gasteiger partial charge is 0.330 e. The SMILES string of the molecule is C[C@@H]1O[C@H]2Oc3c(-c4ccc(O)cc4)oc4cc(O)c(c(O)c4c3=O)-c3cc(ccc3O)/C=C/C(=O)OC[C@H]3O[C@@H](O[C@H]([C@H]1O)[C@H]2O)[C@H](O)[C@@H](O)[C@@H]3O. The molecule has 9 bridgehead atoms. The Kier molecular flexibility index (Phi) is 9.51. The zero-order valence-corrected chi connectivity index (χ0v) is 27.5. The van der Waals surface area contributed by atoms with E-state index in [0.717, 1.165) is 12.1 Å². The third-order valence-electron chi connectivity index (χ3n) is 9.29. The molecule has 0 aliphatic carbocycles. The number of aliphatic hydroxyl groups is 5. The van der Waals surface area contributed by atoms with Gasteiger partial charge in [-0.2, -0.15) is 0 Å². The Bertz CT molecular complexity index is 2130. The van der Waals surface area contributed by atoms with Crippen LogP contribution < -0.4 is 10.2 Å². The van der Waals surface area contributed by atoms with Gasteiger partial charge in [-0.15, -0.1) is 0 Å². The van der Waals surface area contributed by atoms with E-state index in [2.05, 4.69) is 0 Å². The highest BCUT2D eigenvalue weighted by molar-refractivity contribution is 5.98. The molecule has 3 aliphatic heterocycles. The Morgan fingerprint density at radius 3 is 2.19 bits per heavy atom. The monoisotopic (exact) mass is 738 g/mol. The number of cyclic esters (lactones) is 1. The number of phenolic OH excluding ortho intramolecular Hbond substituents is 4. The molecule has 9 N–H and O–H groups in total. The first-order valence-corrected chi connectivity index (χ1v) is 16.3. The van der Waals surface area contributed by atoms with Crippen LogP contribution in [-0.2, 0) is 23.7 Å². The molecular formula is C36H34O17. The van der Waals surface area contributed by atoms with E-state index in [9.17, 15) is 55.5 Å². The Balaban J connectivity index is 1.43. The molecular weight excluding hydrogens is 704 g/mol. The van der Waals surface area contributed by atoms with Crippen molar-refractivity contribution in [2.45, 2.75) is 68.3 Å². The summed E-state index contributed by atoms with van der Waals surface area (Å²) < 4.78 is 34.3. The zero-order valence-electron chi connectivity index (χ0n) is 27.5. The molecule has 10 atom stereocenters. The van der Waals surface area contributed by atoms with Crippen LogP contribution in [0.5, 0.6) is 28.7 Å². The van der Waals surface area contributed by atoms with Gasteiger partial charge in [-0.25, -0.2) is 4.79 Å². The van der Waals surface area contributed by atoms with Crippen LogP contribution in [0.3, 0.4) is 0 Å². The summed E-state index contributed by atoms with van der Waals surface area (Å²) in [4.78, 5) is 27.1. The van der Waals surface area contributed by atoms with Gasteiger partial charge in [0.2, 0.25) is 17.5 Å². The highest BCUT2D eigenvalue weighted by Gasteiger charge is 2.51. The Labute approximate surface area is 298 Å². The van der Waals surface area contributed by atoms with E-state index < -0.39 is 113 Å². The molecule has 0 amide bonds. The molecule has 17 heteroatoms. The molecule has 4 heterocycles. The highest BCUT2D eigenvalue weighted by atomic mass is 16.7. The summed E-state index contributed by atoms with van der Waals surface area (Å²) in [7, 11) is 0. The number of aliphatic hydroxyl groups excluding tert-OH is 5. The lowest BCUT2D eigenvalue weighted by Crippen LogP contribution is -2.64. The second-order valence-electron chi connectivity index (χ2n) is 12.8. The summed E-state index contributed by atoms with van der Waals surface area (Å²) in [5, 5.41) is 97.3. The van der Waals surface area contributed by atoms with E-state index >= 15 is 0 Å². The number of hydrogen-bond acceptors (Lipinski definition) is 17. The molecule has 17 nitrogen and oxygen atoms in total. The van der Waals surface area contributed by atoms with Gasteiger partial charge in [0.05, 0.1) is 11.7 Å².